The second kappa shape index (κ2) is 5.94. The van der Waals surface area contributed by atoms with E-state index < -0.39 is 0 Å². The zero-order valence-corrected chi connectivity index (χ0v) is 14.1. The summed E-state index contributed by atoms with van der Waals surface area (Å²) in [6.07, 6.45) is 1.71. The highest BCUT2D eigenvalue weighted by atomic mass is 16.1. The lowest BCUT2D eigenvalue weighted by molar-refractivity contribution is 0.102. The fourth-order valence-electron chi connectivity index (χ4n) is 2.96. The molecule has 2 heterocycles. The summed E-state index contributed by atoms with van der Waals surface area (Å²) in [7, 11) is 0. The third-order valence-electron chi connectivity index (χ3n) is 4.52. The van der Waals surface area contributed by atoms with E-state index in [1.54, 1.807) is 6.20 Å². The number of benzene rings is 2. The summed E-state index contributed by atoms with van der Waals surface area (Å²) in [5, 5.41) is 10.9. The Kier molecular flexibility index (Phi) is 3.61. The van der Waals surface area contributed by atoms with Gasteiger partial charge in [-0.3, -0.25) is 9.89 Å². The molecule has 0 saturated carbocycles. The molecule has 0 aliphatic rings. The first-order chi connectivity index (χ1) is 12.1. The van der Waals surface area contributed by atoms with Gasteiger partial charge in [0.25, 0.3) is 5.91 Å². The predicted molar refractivity (Wildman–Crippen MR) is 99.7 cm³/mol. The number of rotatable bonds is 3. The van der Waals surface area contributed by atoms with Crippen molar-refractivity contribution in [3.8, 4) is 11.3 Å². The summed E-state index contributed by atoms with van der Waals surface area (Å²) in [4.78, 5) is 15.9. The van der Waals surface area contributed by atoms with Crippen LogP contribution in [0.25, 0.3) is 22.2 Å². The van der Waals surface area contributed by atoms with Crippen molar-refractivity contribution < 1.29 is 4.79 Å². The van der Waals surface area contributed by atoms with Gasteiger partial charge in [-0.05, 0) is 61.4 Å². The Bertz CT molecular complexity index is 1040. The number of fused-ring (bicyclic) bond motifs is 1. The average Bonchev–Trinajstić information content (AvgIpc) is 3.25. The Morgan fingerprint density at radius 2 is 1.84 bits per heavy atom. The van der Waals surface area contributed by atoms with E-state index in [4.69, 9.17) is 0 Å². The maximum absolute atomic E-state index is 12.6. The molecular formula is C20H18N4O. The topological polar surface area (TPSA) is 73.6 Å². The summed E-state index contributed by atoms with van der Waals surface area (Å²) >= 11 is 0. The number of anilines is 1. The summed E-state index contributed by atoms with van der Waals surface area (Å²) in [6, 6.07) is 15.3. The molecule has 25 heavy (non-hydrogen) atoms. The van der Waals surface area contributed by atoms with Crippen molar-refractivity contribution in [1.29, 1.82) is 0 Å². The molecule has 2 aromatic carbocycles. The highest BCUT2D eigenvalue weighted by Crippen LogP contribution is 2.23. The summed E-state index contributed by atoms with van der Waals surface area (Å²) in [6.45, 7) is 4.10. The third kappa shape index (κ3) is 2.80. The predicted octanol–water partition coefficient (Wildman–Crippen LogP) is 4.43. The fourth-order valence-corrected chi connectivity index (χ4v) is 2.96. The Morgan fingerprint density at radius 3 is 2.56 bits per heavy atom. The van der Waals surface area contributed by atoms with Gasteiger partial charge < -0.3 is 10.3 Å². The molecule has 0 unspecified atom stereocenters. The van der Waals surface area contributed by atoms with Gasteiger partial charge in [0.2, 0.25) is 0 Å². The summed E-state index contributed by atoms with van der Waals surface area (Å²) in [5.41, 5.74) is 6.73. The highest BCUT2D eigenvalue weighted by molar-refractivity contribution is 6.06. The molecule has 3 N–H and O–H groups in total. The molecule has 0 bridgehead atoms. The number of carbonyl (C=O) groups is 1. The van der Waals surface area contributed by atoms with Gasteiger partial charge in [0, 0.05) is 34.0 Å². The van der Waals surface area contributed by atoms with Crippen molar-refractivity contribution in [2.75, 3.05) is 5.32 Å². The van der Waals surface area contributed by atoms with Gasteiger partial charge >= 0.3 is 0 Å². The minimum Gasteiger partial charge on any atom is -0.358 e. The van der Waals surface area contributed by atoms with Crippen LogP contribution >= 0.6 is 0 Å². The first-order valence-electron chi connectivity index (χ1n) is 8.12. The average molecular weight is 330 g/mol. The first-order valence-corrected chi connectivity index (χ1v) is 8.12. The van der Waals surface area contributed by atoms with Crippen LogP contribution in [0.5, 0.6) is 0 Å². The van der Waals surface area contributed by atoms with E-state index in [2.05, 4.69) is 27.4 Å². The van der Waals surface area contributed by atoms with Gasteiger partial charge in [-0.2, -0.15) is 5.10 Å². The van der Waals surface area contributed by atoms with E-state index in [-0.39, 0.29) is 5.91 Å². The SMILES string of the molecule is Cc1[nH]c2ccc(C(=O)Nc3ccc(-c4ccn[nH]4)cc3)cc2c1C. The molecule has 4 rings (SSSR count). The molecule has 0 aliphatic heterocycles. The minimum atomic E-state index is -0.116. The maximum Gasteiger partial charge on any atom is 0.255 e. The van der Waals surface area contributed by atoms with Crippen LogP contribution < -0.4 is 5.32 Å². The van der Waals surface area contributed by atoms with Gasteiger partial charge in [0.15, 0.2) is 0 Å². The number of aromatic nitrogens is 3. The number of aromatic amines is 2. The van der Waals surface area contributed by atoms with Gasteiger partial charge in [-0.15, -0.1) is 0 Å². The van der Waals surface area contributed by atoms with Crippen molar-refractivity contribution in [2.45, 2.75) is 13.8 Å². The number of amides is 1. The van der Waals surface area contributed by atoms with Crippen molar-refractivity contribution in [3.63, 3.8) is 0 Å². The van der Waals surface area contributed by atoms with Crippen LogP contribution in [0.3, 0.4) is 0 Å². The lowest BCUT2D eigenvalue weighted by Crippen LogP contribution is -2.11. The van der Waals surface area contributed by atoms with E-state index in [9.17, 15) is 4.79 Å². The van der Waals surface area contributed by atoms with Crippen molar-refractivity contribution in [2.24, 2.45) is 0 Å². The Balaban J connectivity index is 1.56. The Hall–Kier alpha value is -3.34. The second-order valence-corrected chi connectivity index (χ2v) is 6.14. The smallest absolute Gasteiger partial charge is 0.255 e. The van der Waals surface area contributed by atoms with E-state index in [1.165, 1.54) is 5.56 Å². The largest absolute Gasteiger partial charge is 0.358 e. The third-order valence-corrected chi connectivity index (χ3v) is 4.52. The maximum atomic E-state index is 12.6. The quantitative estimate of drug-likeness (QED) is 0.520. The molecule has 0 spiro atoms. The van der Waals surface area contributed by atoms with Crippen molar-refractivity contribution in [1.82, 2.24) is 15.2 Å². The minimum absolute atomic E-state index is 0.116. The molecule has 0 radical (unpaired) electrons. The number of nitrogens with zero attached hydrogens (tertiary/aromatic N) is 1. The molecule has 4 aromatic rings. The van der Waals surface area contributed by atoms with Crippen LogP contribution in [0.4, 0.5) is 5.69 Å². The van der Waals surface area contributed by atoms with Gasteiger partial charge in [0.05, 0.1) is 5.69 Å². The first kappa shape index (κ1) is 15.2. The zero-order chi connectivity index (χ0) is 17.4. The molecular weight excluding hydrogens is 312 g/mol. The number of H-pyrrole nitrogens is 2. The van der Waals surface area contributed by atoms with Gasteiger partial charge in [-0.25, -0.2) is 0 Å². The highest BCUT2D eigenvalue weighted by Gasteiger charge is 2.10. The summed E-state index contributed by atoms with van der Waals surface area (Å²) in [5.74, 6) is -0.116. The molecule has 5 nitrogen and oxygen atoms in total. The standard InChI is InChI=1S/C20H18N4O/c1-12-13(2)22-19-8-5-15(11-17(12)19)20(25)23-16-6-3-14(4-7-16)18-9-10-21-24-18/h3-11,22H,1-2H3,(H,21,24)(H,23,25). The number of hydrogen-bond acceptors (Lipinski definition) is 2. The number of hydrogen-bond donors (Lipinski definition) is 3. The van der Waals surface area contributed by atoms with Crippen molar-refractivity contribution in [3.05, 3.63) is 71.5 Å². The lowest BCUT2D eigenvalue weighted by atomic mass is 10.1. The number of nitrogens with one attached hydrogen (secondary N) is 3. The van der Waals surface area contributed by atoms with Crippen LogP contribution in [-0.2, 0) is 0 Å². The molecule has 1 amide bonds. The number of carbonyl (C=O) groups excluding carboxylic acids is 1. The Labute approximate surface area is 145 Å². The molecule has 124 valence electrons. The van der Waals surface area contributed by atoms with Gasteiger partial charge in [-0.1, -0.05) is 12.1 Å². The molecule has 0 aliphatic carbocycles. The monoisotopic (exact) mass is 330 g/mol. The second-order valence-electron chi connectivity index (χ2n) is 6.14. The molecule has 2 aromatic heterocycles. The van der Waals surface area contributed by atoms with Crippen LogP contribution in [-0.4, -0.2) is 21.1 Å². The van der Waals surface area contributed by atoms with E-state index in [1.807, 2.05) is 55.5 Å². The van der Waals surface area contributed by atoms with E-state index >= 15 is 0 Å². The van der Waals surface area contributed by atoms with Crippen LogP contribution in [0.15, 0.2) is 54.7 Å². The normalized spacial score (nSPS) is 11.0. The van der Waals surface area contributed by atoms with Crippen LogP contribution in [0.1, 0.15) is 21.6 Å². The number of aryl methyl sites for hydroxylation is 2. The molecule has 0 fully saturated rings. The fraction of sp³-hybridized carbons (Fsp3) is 0.100. The summed E-state index contributed by atoms with van der Waals surface area (Å²) < 4.78 is 0. The zero-order valence-electron chi connectivity index (χ0n) is 14.1. The molecule has 5 heteroatoms. The van der Waals surface area contributed by atoms with Gasteiger partial charge in [0.1, 0.15) is 0 Å². The van der Waals surface area contributed by atoms with Crippen LogP contribution in [0, 0.1) is 13.8 Å². The Morgan fingerprint density at radius 1 is 1.04 bits per heavy atom. The molecule has 0 atom stereocenters. The van der Waals surface area contributed by atoms with E-state index in [0.29, 0.717) is 5.56 Å². The molecule has 0 saturated heterocycles. The van der Waals surface area contributed by atoms with Crippen molar-refractivity contribution >= 4 is 22.5 Å². The van der Waals surface area contributed by atoms with Crippen LogP contribution in [0.2, 0.25) is 0 Å². The van der Waals surface area contributed by atoms with E-state index in [0.717, 1.165) is 33.5 Å². The lowest BCUT2D eigenvalue weighted by Gasteiger charge is -2.07.